The highest BCUT2D eigenvalue weighted by atomic mass is 16.6. The third-order valence-corrected chi connectivity index (χ3v) is 3.92. The summed E-state index contributed by atoms with van der Waals surface area (Å²) in [6.07, 6.45) is -0.0780. The summed E-state index contributed by atoms with van der Waals surface area (Å²) in [6.45, 7) is 7.18. The lowest BCUT2D eigenvalue weighted by Crippen LogP contribution is -2.24. The predicted octanol–water partition coefficient (Wildman–Crippen LogP) is 4.48. The highest BCUT2D eigenvalue weighted by Gasteiger charge is 2.27. The Kier molecular flexibility index (Phi) is 4.74. The monoisotopic (exact) mass is 325 g/mol. The fraction of sp³-hybridized carbons (Fsp3) is 0.350. The summed E-state index contributed by atoms with van der Waals surface area (Å²) < 4.78 is 10.8. The van der Waals surface area contributed by atoms with Gasteiger partial charge in [-0.15, -0.1) is 0 Å². The van der Waals surface area contributed by atoms with Gasteiger partial charge in [-0.2, -0.15) is 0 Å². The van der Waals surface area contributed by atoms with Gasteiger partial charge in [0, 0.05) is 6.54 Å². The largest absolute Gasteiger partial charge is 0.491 e. The van der Waals surface area contributed by atoms with E-state index in [0.717, 1.165) is 22.4 Å². The molecule has 4 heteroatoms. The molecule has 0 N–H and O–H groups in total. The molecule has 1 atom stereocenters. The lowest BCUT2D eigenvalue weighted by atomic mass is 10.0. The first-order chi connectivity index (χ1) is 11.5. The molecule has 2 aromatic rings. The predicted molar refractivity (Wildman–Crippen MR) is 94.0 cm³/mol. The fourth-order valence-electron chi connectivity index (χ4n) is 2.82. The van der Waals surface area contributed by atoms with Gasteiger partial charge in [0.2, 0.25) is 0 Å². The molecule has 1 heterocycles. The summed E-state index contributed by atoms with van der Waals surface area (Å²) in [6, 6.07) is 16.4. The average Bonchev–Trinajstić information content (AvgIpc) is 2.86. The van der Waals surface area contributed by atoms with Gasteiger partial charge in [0.25, 0.3) is 0 Å². The third kappa shape index (κ3) is 3.88. The van der Waals surface area contributed by atoms with E-state index in [9.17, 15) is 4.79 Å². The number of hydrogen-bond donors (Lipinski definition) is 0. The van der Waals surface area contributed by atoms with Crippen molar-refractivity contribution in [3.05, 3.63) is 54.1 Å². The molecule has 1 fully saturated rings. The zero-order chi connectivity index (χ0) is 17.1. The maximum absolute atomic E-state index is 11.7. The first-order valence-electron chi connectivity index (χ1n) is 8.33. The molecule has 0 radical (unpaired) electrons. The van der Waals surface area contributed by atoms with Gasteiger partial charge >= 0.3 is 6.09 Å². The third-order valence-electron chi connectivity index (χ3n) is 3.92. The summed E-state index contributed by atoms with van der Waals surface area (Å²) in [7, 11) is 0. The Bertz CT molecular complexity index is 692. The molecular formula is C20H23NO3. The van der Waals surface area contributed by atoms with Crippen molar-refractivity contribution in [2.75, 3.05) is 6.54 Å². The Labute approximate surface area is 143 Å². The maximum Gasteiger partial charge on any atom is 0.410 e. The van der Waals surface area contributed by atoms with Crippen LogP contribution in [0.5, 0.6) is 5.75 Å². The summed E-state index contributed by atoms with van der Waals surface area (Å²) >= 11 is 0. The van der Waals surface area contributed by atoms with E-state index in [1.165, 1.54) is 0 Å². The standard InChI is InChI=1S/C20H23NO3/c1-14(2)23-19-10-8-18(9-11-19)17-6-4-16(5-7-17)13-21-12-15(3)24-20(21)22/h4-11,14-15H,12-13H2,1-3H3/t15-/m0/s1. The summed E-state index contributed by atoms with van der Waals surface area (Å²) in [5.41, 5.74) is 3.39. The van der Waals surface area contributed by atoms with Crippen molar-refractivity contribution in [2.45, 2.75) is 39.5 Å². The van der Waals surface area contributed by atoms with Gasteiger partial charge in [0.1, 0.15) is 11.9 Å². The van der Waals surface area contributed by atoms with Crippen LogP contribution < -0.4 is 4.74 Å². The molecule has 24 heavy (non-hydrogen) atoms. The van der Waals surface area contributed by atoms with Crippen LogP contribution in [-0.2, 0) is 11.3 Å². The van der Waals surface area contributed by atoms with Gasteiger partial charge in [-0.3, -0.25) is 0 Å². The molecule has 1 aliphatic rings. The Morgan fingerprint density at radius 1 is 1.08 bits per heavy atom. The van der Waals surface area contributed by atoms with Crippen molar-refractivity contribution in [3.63, 3.8) is 0 Å². The molecular weight excluding hydrogens is 302 g/mol. The van der Waals surface area contributed by atoms with Gasteiger partial charge in [0.05, 0.1) is 12.6 Å². The molecule has 1 aliphatic heterocycles. The molecule has 0 bridgehead atoms. The number of carbonyl (C=O) groups is 1. The van der Waals surface area contributed by atoms with Gasteiger partial charge in [-0.1, -0.05) is 36.4 Å². The highest BCUT2D eigenvalue weighted by molar-refractivity contribution is 5.70. The second-order valence-electron chi connectivity index (χ2n) is 6.46. The average molecular weight is 325 g/mol. The molecule has 0 aliphatic carbocycles. The van der Waals surface area contributed by atoms with E-state index in [0.29, 0.717) is 13.1 Å². The quantitative estimate of drug-likeness (QED) is 0.813. The van der Waals surface area contributed by atoms with Crippen molar-refractivity contribution < 1.29 is 14.3 Å². The molecule has 4 nitrogen and oxygen atoms in total. The number of ether oxygens (including phenoxy) is 2. The first-order valence-corrected chi connectivity index (χ1v) is 8.33. The summed E-state index contributed by atoms with van der Waals surface area (Å²) in [5.74, 6) is 0.882. The van der Waals surface area contributed by atoms with E-state index >= 15 is 0 Å². The van der Waals surface area contributed by atoms with Gasteiger partial charge in [-0.25, -0.2) is 4.79 Å². The minimum atomic E-state index is -0.229. The molecule has 2 aromatic carbocycles. The Morgan fingerprint density at radius 2 is 1.67 bits per heavy atom. The number of benzene rings is 2. The summed E-state index contributed by atoms with van der Waals surface area (Å²) in [5, 5.41) is 0. The normalized spacial score (nSPS) is 17.2. The molecule has 126 valence electrons. The lowest BCUT2D eigenvalue weighted by molar-refractivity contribution is 0.137. The Morgan fingerprint density at radius 3 is 2.17 bits per heavy atom. The van der Waals surface area contributed by atoms with Crippen molar-refractivity contribution >= 4 is 6.09 Å². The van der Waals surface area contributed by atoms with Crippen molar-refractivity contribution in [1.29, 1.82) is 0 Å². The maximum atomic E-state index is 11.7. The second-order valence-corrected chi connectivity index (χ2v) is 6.46. The van der Waals surface area contributed by atoms with E-state index in [1.807, 2.05) is 32.9 Å². The van der Waals surface area contributed by atoms with Crippen LogP contribution in [0.2, 0.25) is 0 Å². The van der Waals surface area contributed by atoms with Crippen LogP contribution in [0.3, 0.4) is 0 Å². The molecule has 0 spiro atoms. The Balaban J connectivity index is 1.67. The SMILES string of the molecule is CC(C)Oc1ccc(-c2ccc(CN3C[C@H](C)OC3=O)cc2)cc1. The van der Waals surface area contributed by atoms with Crippen LogP contribution in [0.4, 0.5) is 4.79 Å². The second kappa shape index (κ2) is 6.95. The van der Waals surface area contributed by atoms with E-state index in [1.54, 1.807) is 4.90 Å². The zero-order valence-corrected chi connectivity index (χ0v) is 14.4. The minimum absolute atomic E-state index is 0.0247. The van der Waals surface area contributed by atoms with Crippen LogP contribution in [0.15, 0.2) is 48.5 Å². The van der Waals surface area contributed by atoms with E-state index < -0.39 is 0 Å². The van der Waals surface area contributed by atoms with Gasteiger partial charge in [0.15, 0.2) is 0 Å². The van der Waals surface area contributed by atoms with Gasteiger partial charge in [-0.05, 0) is 49.6 Å². The molecule has 1 saturated heterocycles. The number of cyclic esters (lactones) is 1. The van der Waals surface area contributed by atoms with Crippen molar-refractivity contribution in [1.82, 2.24) is 4.90 Å². The molecule has 3 rings (SSSR count). The van der Waals surface area contributed by atoms with E-state index in [-0.39, 0.29) is 18.3 Å². The molecule has 0 aromatic heterocycles. The number of hydrogen-bond acceptors (Lipinski definition) is 3. The number of amides is 1. The van der Waals surface area contributed by atoms with Crippen LogP contribution in [-0.4, -0.2) is 29.7 Å². The van der Waals surface area contributed by atoms with E-state index in [2.05, 4.69) is 36.4 Å². The Hall–Kier alpha value is -2.49. The number of rotatable bonds is 5. The fourth-order valence-corrected chi connectivity index (χ4v) is 2.82. The van der Waals surface area contributed by atoms with Crippen LogP contribution in [0.25, 0.3) is 11.1 Å². The van der Waals surface area contributed by atoms with Crippen LogP contribution >= 0.6 is 0 Å². The molecule has 1 amide bonds. The number of nitrogens with zero attached hydrogens (tertiary/aromatic N) is 1. The lowest BCUT2D eigenvalue weighted by Gasteiger charge is -2.13. The number of carbonyl (C=O) groups excluding carboxylic acids is 1. The minimum Gasteiger partial charge on any atom is -0.491 e. The zero-order valence-electron chi connectivity index (χ0n) is 14.4. The highest BCUT2D eigenvalue weighted by Crippen LogP contribution is 2.24. The van der Waals surface area contributed by atoms with E-state index in [4.69, 9.17) is 9.47 Å². The van der Waals surface area contributed by atoms with Crippen LogP contribution in [0, 0.1) is 0 Å². The molecule has 0 unspecified atom stereocenters. The van der Waals surface area contributed by atoms with Crippen molar-refractivity contribution in [2.24, 2.45) is 0 Å². The molecule has 0 saturated carbocycles. The first kappa shape index (κ1) is 16.4. The topological polar surface area (TPSA) is 38.8 Å². The smallest absolute Gasteiger partial charge is 0.410 e. The van der Waals surface area contributed by atoms with Gasteiger partial charge < -0.3 is 14.4 Å². The van der Waals surface area contributed by atoms with Crippen LogP contribution in [0.1, 0.15) is 26.3 Å². The summed E-state index contributed by atoms with van der Waals surface area (Å²) in [4.78, 5) is 13.4. The van der Waals surface area contributed by atoms with Crippen molar-refractivity contribution in [3.8, 4) is 16.9 Å².